The van der Waals surface area contributed by atoms with Gasteiger partial charge in [0.2, 0.25) is 5.91 Å². The molecule has 0 aromatic heterocycles. The lowest BCUT2D eigenvalue weighted by molar-refractivity contribution is -0.122. The summed E-state index contributed by atoms with van der Waals surface area (Å²) in [5.74, 6) is 0.181. The largest absolute Gasteiger partial charge is 0.356 e. The molecule has 0 bridgehead atoms. The third-order valence-electron chi connectivity index (χ3n) is 2.67. The molecule has 1 rings (SSSR count). The minimum Gasteiger partial charge on any atom is -0.356 e. The van der Waals surface area contributed by atoms with Crippen molar-refractivity contribution in [2.24, 2.45) is 5.41 Å². The van der Waals surface area contributed by atoms with E-state index in [0.29, 0.717) is 12.5 Å². The molecule has 88 valence electrons. The normalized spacial score (nSPS) is 21.7. The summed E-state index contributed by atoms with van der Waals surface area (Å²) in [5, 5.41) is 6.41. The smallest absolute Gasteiger partial charge is 0.220 e. The molecular weight excluding hydrogens is 188 g/mol. The van der Waals surface area contributed by atoms with Crippen LogP contribution in [0.1, 0.15) is 46.5 Å². The molecule has 0 radical (unpaired) electrons. The van der Waals surface area contributed by atoms with E-state index in [1.165, 1.54) is 12.8 Å². The SMILES string of the molecule is CC(C)(C)CC(=O)NCCC1CCCN1. The van der Waals surface area contributed by atoms with Crippen LogP contribution in [0.15, 0.2) is 0 Å². The topological polar surface area (TPSA) is 41.1 Å². The maximum atomic E-state index is 11.5. The number of nitrogens with one attached hydrogen (secondary N) is 2. The fourth-order valence-electron chi connectivity index (χ4n) is 1.93. The lowest BCUT2D eigenvalue weighted by atomic mass is 9.92. The van der Waals surface area contributed by atoms with E-state index in [-0.39, 0.29) is 11.3 Å². The molecule has 0 spiro atoms. The fraction of sp³-hybridized carbons (Fsp3) is 0.917. The quantitative estimate of drug-likeness (QED) is 0.744. The van der Waals surface area contributed by atoms with Gasteiger partial charge in [-0.15, -0.1) is 0 Å². The summed E-state index contributed by atoms with van der Waals surface area (Å²) in [6, 6.07) is 0.625. The molecular formula is C12H24N2O. The molecule has 1 unspecified atom stereocenters. The molecule has 0 saturated carbocycles. The van der Waals surface area contributed by atoms with Gasteiger partial charge in [-0.1, -0.05) is 20.8 Å². The summed E-state index contributed by atoms with van der Waals surface area (Å²) in [4.78, 5) is 11.5. The zero-order chi connectivity index (χ0) is 11.3. The summed E-state index contributed by atoms with van der Waals surface area (Å²) < 4.78 is 0. The Hall–Kier alpha value is -0.570. The third-order valence-corrected chi connectivity index (χ3v) is 2.67. The van der Waals surface area contributed by atoms with Crippen LogP contribution in [0.25, 0.3) is 0 Å². The highest BCUT2D eigenvalue weighted by molar-refractivity contribution is 5.76. The summed E-state index contributed by atoms with van der Waals surface area (Å²) in [5.41, 5.74) is 0.0929. The highest BCUT2D eigenvalue weighted by Gasteiger charge is 2.17. The second kappa shape index (κ2) is 5.50. The van der Waals surface area contributed by atoms with Gasteiger partial charge in [0.25, 0.3) is 0 Å². The number of carbonyl (C=O) groups is 1. The molecule has 1 saturated heterocycles. The van der Waals surface area contributed by atoms with Crippen LogP contribution in [-0.4, -0.2) is 25.0 Å². The van der Waals surface area contributed by atoms with E-state index in [9.17, 15) is 4.79 Å². The van der Waals surface area contributed by atoms with Crippen LogP contribution in [0.4, 0.5) is 0 Å². The molecule has 0 aromatic rings. The lowest BCUT2D eigenvalue weighted by Gasteiger charge is -2.18. The first-order valence-corrected chi connectivity index (χ1v) is 5.97. The predicted molar refractivity (Wildman–Crippen MR) is 62.7 cm³/mol. The second-order valence-electron chi connectivity index (χ2n) is 5.67. The molecule has 1 heterocycles. The first-order chi connectivity index (χ1) is 6.97. The van der Waals surface area contributed by atoms with Gasteiger partial charge in [0.15, 0.2) is 0 Å². The highest BCUT2D eigenvalue weighted by atomic mass is 16.1. The Morgan fingerprint density at radius 3 is 2.73 bits per heavy atom. The van der Waals surface area contributed by atoms with Gasteiger partial charge in [0.05, 0.1) is 0 Å². The van der Waals surface area contributed by atoms with Gasteiger partial charge in [0.1, 0.15) is 0 Å². The Bertz CT molecular complexity index is 202. The van der Waals surface area contributed by atoms with Crippen LogP contribution in [0.5, 0.6) is 0 Å². The van der Waals surface area contributed by atoms with E-state index in [2.05, 4.69) is 31.4 Å². The van der Waals surface area contributed by atoms with Gasteiger partial charge in [-0.3, -0.25) is 4.79 Å². The van der Waals surface area contributed by atoms with Crippen LogP contribution in [0.3, 0.4) is 0 Å². The van der Waals surface area contributed by atoms with Crippen molar-refractivity contribution in [3.8, 4) is 0 Å². The third kappa shape index (κ3) is 5.78. The maximum absolute atomic E-state index is 11.5. The van der Waals surface area contributed by atoms with Crippen molar-refractivity contribution in [3.05, 3.63) is 0 Å². The van der Waals surface area contributed by atoms with Crippen molar-refractivity contribution in [1.29, 1.82) is 0 Å². The zero-order valence-corrected chi connectivity index (χ0v) is 10.2. The van der Waals surface area contributed by atoms with Crippen LogP contribution in [0, 0.1) is 5.41 Å². The second-order valence-corrected chi connectivity index (χ2v) is 5.67. The molecule has 1 amide bonds. The standard InChI is InChI=1S/C12H24N2O/c1-12(2,3)9-11(15)14-8-6-10-5-4-7-13-10/h10,13H,4-9H2,1-3H3,(H,14,15). The Kier molecular flexibility index (Phi) is 4.58. The van der Waals surface area contributed by atoms with Crippen LogP contribution >= 0.6 is 0 Å². The van der Waals surface area contributed by atoms with E-state index in [0.717, 1.165) is 19.5 Å². The van der Waals surface area contributed by atoms with Crippen molar-refractivity contribution in [1.82, 2.24) is 10.6 Å². The Balaban J connectivity index is 2.06. The number of rotatable bonds is 4. The average molecular weight is 212 g/mol. The molecule has 2 N–H and O–H groups in total. The van der Waals surface area contributed by atoms with Gasteiger partial charge >= 0.3 is 0 Å². The molecule has 1 fully saturated rings. The van der Waals surface area contributed by atoms with E-state index in [1.807, 2.05) is 0 Å². The zero-order valence-electron chi connectivity index (χ0n) is 10.2. The van der Waals surface area contributed by atoms with Crippen LogP contribution in [-0.2, 0) is 4.79 Å². The summed E-state index contributed by atoms with van der Waals surface area (Å²) in [7, 11) is 0. The van der Waals surface area contributed by atoms with E-state index in [1.54, 1.807) is 0 Å². The minimum atomic E-state index is 0.0929. The minimum absolute atomic E-state index is 0.0929. The number of carbonyl (C=O) groups excluding carboxylic acids is 1. The van der Waals surface area contributed by atoms with Gasteiger partial charge in [-0.25, -0.2) is 0 Å². The van der Waals surface area contributed by atoms with Crippen molar-refractivity contribution in [2.45, 2.75) is 52.5 Å². The van der Waals surface area contributed by atoms with Crippen molar-refractivity contribution in [2.75, 3.05) is 13.1 Å². The summed E-state index contributed by atoms with van der Waals surface area (Å²) in [6.07, 6.45) is 4.22. The Labute approximate surface area is 93.0 Å². The molecule has 1 atom stereocenters. The van der Waals surface area contributed by atoms with E-state index < -0.39 is 0 Å². The molecule has 1 aliphatic rings. The summed E-state index contributed by atoms with van der Waals surface area (Å²) in [6.45, 7) is 8.22. The van der Waals surface area contributed by atoms with Crippen molar-refractivity contribution in [3.63, 3.8) is 0 Å². The first-order valence-electron chi connectivity index (χ1n) is 5.97. The average Bonchev–Trinajstić information content (AvgIpc) is 2.53. The Morgan fingerprint density at radius 2 is 2.20 bits per heavy atom. The molecule has 0 aliphatic carbocycles. The maximum Gasteiger partial charge on any atom is 0.220 e. The predicted octanol–water partition coefficient (Wildman–Crippen LogP) is 1.68. The fourth-order valence-corrected chi connectivity index (χ4v) is 1.93. The van der Waals surface area contributed by atoms with Gasteiger partial charge < -0.3 is 10.6 Å². The molecule has 15 heavy (non-hydrogen) atoms. The van der Waals surface area contributed by atoms with Crippen molar-refractivity contribution < 1.29 is 4.79 Å². The first kappa shape index (κ1) is 12.5. The molecule has 3 nitrogen and oxygen atoms in total. The number of amides is 1. The van der Waals surface area contributed by atoms with Gasteiger partial charge in [-0.05, 0) is 31.2 Å². The van der Waals surface area contributed by atoms with Crippen LogP contribution in [0.2, 0.25) is 0 Å². The molecule has 3 heteroatoms. The molecule has 1 aliphatic heterocycles. The Morgan fingerprint density at radius 1 is 1.47 bits per heavy atom. The highest BCUT2D eigenvalue weighted by Crippen LogP contribution is 2.17. The van der Waals surface area contributed by atoms with Gasteiger partial charge in [-0.2, -0.15) is 0 Å². The van der Waals surface area contributed by atoms with Gasteiger partial charge in [0, 0.05) is 19.0 Å². The van der Waals surface area contributed by atoms with E-state index >= 15 is 0 Å². The molecule has 0 aromatic carbocycles. The monoisotopic (exact) mass is 212 g/mol. The lowest BCUT2D eigenvalue weighted by Crippen LogP contribution is -2.32. The van der Waals surface area contributed by atoms with E-state index in [4.69, 9.17) is 0 Å². The van der Waals surface area contributed by atoms with Crippen molar-refractivity contribution >= 4 is 5.91 Å². The van der Waals surface area contributed by atoms with Crippen LogP contribution < -0.4 is 10.6 Å². The summed E-state index contributed by atoms with van der Waals surface area (Å²) >= 11 is 0. The number of hydrogen-bond acceptors (Lipinski definition) is 2. The number of hydrogen-bond donors (Lipinski definition) is 2.